The number of cyclic esters (lactones) is 1. The van der Waals surface area contributed by atoms with Gasteiger partial charge in [0.25, 0.3) is 0 Å². The van der Waals surface area contributed by atoms with E-state index in [1.807, 2.05) is 17.9 Å². The summed E-state index contributed by atoms with van der Waals surface area (Å²) in [6.07, 6.45) is 2.07. The van der Waals surface area contributed by atoms with Crippen molar-refractivity contribution in [2.75, 3.05) is 44.2 Å². The van der Waals surface area contributed by atoms with Crippen LogP contribution in [-0.2, 0) is 4.74 Å². The van der Waals surface area contributed by atoms with Gasteiger partial charge in [0.15, 0.2) is 0 Å². The van der Waals surface area contributed by atoms with E-state index in [1.54, 1.807) is 12.1 Å². The third kappa shape index (κ3) is 2.83. The van der Waals surface area contributed by atoms with Crippen molar-refractivity contribution in [3.05, 3.63) is 29.6 Å². The number of nitrogens with zero attached hydrogens (tertiary/aromatic N) is 3. The molecule has 0 aromatic heterocycles. The smallest absolute Gasteiger partial charge is 0.410 e. The number of anilines is 1. The van der Waals surface area contributed by atoms with Crippen LogP contribution in [0.3, 0.4) is 0 Å². The number of halogens is 1. The molecule has 0 bridgehead atoms. The van der Waals surface area contributed by atoms with E-state index in [-0.39, 0.29) is 18.0 Å². The molecule has 0 spiro atoms. The molecular weight excluding hydrogens is 309 g/mol. The maximum atomic E-state index is 13.3. The second kappa shape index (κ2) is 6.24. The van der Waals surface area contributed by atoms with Gasteiger partial charge in [-0.25, -0.2) is 9.18 Å². The third-order valence-electron chi connectivity index (χ3n) is 5.63. The first-order chi connectivity index (χ1) is 11.6. The molecule has 3 fully saturated rings. The van der Waals surface area contributed by atoms with E-state index < -0.39 is 0 Å². The van der Waals surface area contributed by atoms with Crippen LogP contribution < -0.4 is 4.90 Å². The van der Waals surface area contributed by atoms with E-state index in [4.69, 9.17) is 4.74 Å². The summed E-state index contributed by atoms with van der Waals surface area (Å²) in [5.41, 5.74) is 2.15. The second-order valence-corrected chi connectivity index (χ2v) is 7.07. The van der Waals surface area contributed by atoms with Gasteiger partial charge in [-0.2, -0.15) is 0 Å². The SMILES string of the molecule is Cc1cc(F)ccc1N1CCC(N2CCN3C(=O)OC[C@H]3C2)CC1. The lowest BCUT2D eigenvalue weighted by Gasteiger charge is -2.44. The quantitative estimate of drug-likeness (QED) is 0.832. The van der Waals surface area contributed by atoms with Gasteiger partial charge >= 0.3 is 6.09 Å². The number of carbonyl (C=O) groups is 1. The van der Waals surface area contributed by atoms with Crippen molar-refractivity contribution in [3.63, 3.8) is 0 Å². The van der Waals surface area contributed by atoms with Crippen molar-refractivity contribution < 1.29 is 13.9 Å². The fourth-order valence-electron chi connectivity index (χ4n) is 4.29. The van der Waals surface area contributed by atoms with E-state index in [0.717, 1.165) is 56.8 Å². The lowest BCUT2D eigenvalue weighted by molar-refractivity contribution is 0.0778. The summed E-state index contributed by atoms with van der Waals surface area (Å²) in [6.45, 7) is 7.14. The number of fused-ring (bicyclic) bond motifs is 1. The number of benzene rings is 1. The highest BCUT2D eigenvalue weighted by Gasteiger charge is 2.39. The van der Waals surface area contributed by atoms with Crippen LogP contribution in [0.4, 0.5) is 14.9 Å². The van der Waals surface area contributed by atoms with Crippen LogP contribution in [0.25, 0.3) is 0 Å². The summed E-state index contributed by atoms with van der Waals surface area (Å²) in [4.78, 5) is 18.4. The predicted octanol–water partition coefficient (Wildman–Crippen LogP) is 2.24. The van der Waals surface area contributed by atoms with Gasteiger partial charge in [0.05, 0.1) is 6.04 Å². The van der Waals surface area contributed by atoms with E-state index in [1.165, 1.54) is 0 Å². The molecule has 1 aromatic rings. The van der Waals surface area contributed by atoms with Gasteiger partial charge in [-0.3, -0.25) is 9.80 Å². The minimum atomic E-state index is -0.169. The molecule has 0 N–H and O–H groups in total. The van der Waals surface area contributed by atoms with Crippen LogP contribution >= 0.6 is 0 Å². The molecule has 3 heterocycles. The van der Waals surface area contributed by atoms with Crippen molar-refractivity contribution in [3.8, 4) is 0 Å². The molecule has 6 heteroatoms. The lowest BCUT2D eigenvalue weighted by Crippen LogP contribution is -2.56. The maximum Gasteiger partial charge on any atom is 0.410 e. The molecule has 3 saturated heterocycles. The van der Waals surface area contributed by atoms with E-state index >= 15 is 0 Å². The summed E-state index contributed by atoms with van der Waals surface area (Å²) in [5.74, 6) is -0.169. The number of ether oxygens (including phenoxy) is 1. The van der Waals surface area contributed by atoms with Gasteiger partial charge in [-0.1, -0.05) is 0 Å². The van der Waals surface area contributed by atoms with E-state index in [9.17, 15) is 9.18 Å². The molecule has 5 nitrogen and oxygen atoms in total. The van der Waals surface area contributed by atoms with E-state index in [2.05, 4.69) is 9.80 Å². The highest BCUT2D eigenvalue weighted by molar-refractivity contribution is 5.70. The summed E-state index contributed by atoms with van der Waals surface area (Å²) in [7, 11) is 0. The largest absolute Gasteiger partial charge is 0.447 e. The number of rotatable bonds is 2. The number of hydrogen-bond donors (Lipinski definition) is 0. The van der Waals surface area contributed by atoms with Crippen molar-refractivity contribution in [2.45, 2.75) is 31.8 Å². The maximum absolute atomic E-state index is 13.3. The third-order valence-corrected chi connectivity index (χ3v) is 5.63. The molecule has 1 atom stereocenters. The zero-order valence-corrected chi connectivity index (χ0v) is 14.1. The Morgan fingerprint density at radius 2 is 1.92 bits per heavy atom. The Hall–Kier alpha value is -1.82. The van der Waals surface area contributed by atoms with Crippen LogP contribution in [0.1, 0.15) is 18.4 Å². The normalized spacial score (nSPS) is 25.8. The number of amides is 1. The highest BCUT2D eigenvalue weighted by Crippen LogP contribution is 2.28. The molecule has 24 heavy (non-hydrogen) atoms. The first kappa shape index (κ1) is 15.7. The standard InChI is InChI=1S/C18H24FN3O2/c1-13-10-14(19)2-3-17(13)20-6-4-15(5-7-20)21-8-9-22-16(11-21)12-24-18(22)23/h2-3,10,15-16H,4-9,11-12H2,1H3/t16-/m1/s1. The van der Waals surface area contributed by atoms with Crippen molar-refractivity contribution in [2.24, 2.45) is 0 Å². The summed E-state index contributed by atoms with van der Waals surface area (Å²) in [5, 5.41) is 0. The lowest BCUT2D eigenvalue weighted by atomic mass is 9.99. The van der Waals surface area contributed by atoms with Crippen molar-refractivity contribution >= 4 is 11.8 Å². The summed E-state index contributed by atoms with van der Waals surface area (Å²) < 4.78 is 18.4. The fourth-order valence-corrected chi connectivity index (χ4v) is 4.29. The number of piperazine rings is 1. The zero-order chi connectivity index (χ0) is 16.7. The van der Waals surface area contributed by atoms with Crippen molar-refractivity contribution in [1.29, 1.82) is 0 Å². The van der Waals surface area contributed by atoms with Crippen molar-refractivity contribution in [1.82, 2.24) is 9.80 Å². The molecule has 1 aromatic carbocycles. The molecule has 0 saturated carbocycles. The van der Waals surface area contributed by atoms with Gasteiger partial charge in [0.1, 0.15) is 12.4 Å². The molecule has 4 rings (SSSR count). The first-order valence-electron chi connectivity index (χ1n) is 8.80. The Bertz CT molecular complexity index is 631. The minimum Gasteiger partial charge on any atom is -0.447 e. The molecule has 130 valence electrons. The fraction of sp³-hybridized carbons (Fsp3) is 0.611. The van der Waals surface area contributed by atoms with Crippen LogP contribution in [-0.4, -0.2) is 67.3 Å². The van der Waals surface area contributed by atoms with Gasteiger partial charge in [0.2, 0.25) is 0 Å². The predicted molar refractivity (Wildman–Crippen MR) is 89.8 cm³/mol. The van der Waals surface area contributed by atoms with Crippen LogP contribution in [0.15, 0.2) is 18.2 Å². The molecule has 3 aliphatic rings. The molecule has 0 radical (unpaired) electrons. The monoisotopic (exact) mass is 333 g/mol. The van der Waals surface area contributed by atoms with Gasteiger partial charge in [0, 0.05) is 44.5 Å². The zero-order valence-electron chi connectivity index (χ0n) is 14.1. The molecule has 1 amide bonds. The number of hydrogen-bond acceptors (Lipinski definition) is 4. The van der Waals surface area contributed by atoms with Crippen LogP contribution in [0.5, 0.6) is 0 Å². The summed E-state index contributed by atoms with van der Waals surface area (Å²) in [6, 6.07) is 5.84. The second-order valence-electron chi connectivity index (χ2n) is 7.07. The Balaban J connectivity index is 1.35. The molecule has 0 aliphatic carbocycles. The molecular formula is C18H24FN3O2. The van der Waals surface area contributed by atoms with Gasteiger partial charge in [-0.15, -0.1) is 0 Å². The Labute approximate surface area is 142 Å². The average molecular weight is 333 g/mol. The molecule has 3 aliphatic heterocycles. The first-order valence-corrected chi connectivity index (χ1v) is 8.80. The van der Waals surface area contributed by atoms with Gasteiger partial charge < -0.3 is 9.64 Å². The highest BCUT2D eigenvalue weighted by atomic mass is 19.1. The minimum absolute atomic E-state index is 0.152. The average Bonchev–Trinajstić information content (AvgIpc) is 2.96. The topological polar surface area (TPSA) is 36.0 Å². The molecule has 0 unspecified atom stereocenters. The Kier molecular flexibility index (Phi) is 4.08. The van der Waals surface area contributed by atoms with E-state index in [0.29, 0.717) is 12.6 Å². The number of carbonyl (C=O) groups excluding carboxylic acids is 1. The summed E-state index contributed by atoms with van der Waals surface area (Å²) >= 11 is 0. The Morgan fingerprint density at radius 1 is 1.12 bits per heavy atom. The number of piperidine rings is 1. The Morgan fingerprint density at radius 3 is 2.67 bits per heavy atom. The number of aryl methyl sites for hydroxylation is 1. The van der Waals surface area contributed by atoms with Crippen LogP contribution in [0, 0.1) is 12.7 Å². The van der Waals surface area contributed by atoms with Gasteiger partial charge in [-0.05, 0) is 43.5 Å². The van der Waals surface area contributed by atoms with Crippen LogP contribution in [0.2, 0.25) is 0 Å².